The van der Waals surface area contributed by atoms with Gasteiger partial charge in [0.2, 0.25) is 5.91 Å². The van der Waals surface area contributed by atoms with Gasteiger partial charge < -0.3 is 4.90 Å². The minimum Gasteiger partial charge on any atom is -0.338 e. The van der Waals surface area contributed by atoms with E-state index in [4.69, 9.17) is 0 Å². The maximum absolute atomic E-state index is 13.6. The molecule has 1 heterocycles. The van der Waals surface area contributed by atoms with Crippen LogP contribution in [-0.4, -0.2) is 22.8 Å². The molecule has 0 atom stereocenters. The number of halogens is 2. The minimum atomic E-state index is -0.662. The summed E-state index contributed by atoms with van der Waals surface area (Å²) in [5.74, 6) is -1.58. The number of nitrogens with zero attached hydrogens (tertiary/aromatic N) is 2. The normalized spacial score (nSPS) is 11.3. The maximum Gasteiger partial charge on any atom is 0.246 e. The molecule has 122 valence electrons. The number of likely N-dealkylation sites (N-methyl/N-ethyl adjacent to an activating group) is 1. The van der Waals surface area contributed by atoms with Crippen molar-refractivity contribution in [1.82, 2.24) is 9.88 Å². The molecule has 0 fully saturated rings. The van der Waals surface area contributed by atoms with Crippen LogP contribution in [0.25, 0.3) is 16.3 Å². The number of hydrogen-bond acceptors (Lipinski definition) is 3. The highest BCUT2D eigenvalue weighted by atomic mass is 32.1. The molecule has 0 aliphatic rings. The van der Waals surface area contributed by atoms with Crippen LogP contribution in [0, 0.1) is 11.6 Å². The van der Waals surface area contributed by atoms with Gasteiger partial charge in [-0.25, -0.2) is 13.8 Å². The average Bonchev–Trinajstić information content (AvgIpc) is 2.98. The summed E-state index contributed by atoms with van der Waals surface area (Å²) in [6.07, 6.45) is 3.05. The Kier molecular flexibility index (Phi) is 4.66. The Labute approximate surface area is 141 Å². The van der Waals surface area contributed by atoms with Gasteiger partial charge in [0.15, 0.2) is 0 Å². The van der Waals surface area contributed by atoms with E-state index >= 15 is 0 Å². The summed E-state index contributed by atoms with van der Waals surface area (Å²) >= 11 is 1.49. The van der Waals surface area contributed by atoms with Crippen LogP contribution in [0.15, 0.2) is 48.5 Å². The lowest BCUT2D eigenvalue weighted by Gasteiger charge is -2.15. The predicted molar refractivity (Wildman–Crippen MR) is 91.5 cm³/mol. The Morgan fingerprint density at radius 1 is 1.25 bits per heavy atom. The molecule has 2 aromatic carbocycles. The first-order valence-electron chi connectivity index (χ1n) is 7.25. The fourth-order valence-electron chi connectivity index (χ4n) is 2.21. The van der Waals surface area contributed by atoms with Crippen molar-refractivity contribution < 1.29 is 13.6 Å². The van der Waals surface area contributed by atoms with Crippen LogP contribution in [0.1, 0.15) is 10.6 Å². The predicted octanol–water partition coefficient (Wildman–Crippen LogP) is 4.25. The van der Waals surface area contributed by atoms with E-state index in [1.54, 1.807) is 13.1 Å². The Morgan fingerprint density at radius 2 is 2.04 bits per heavy atom. The van der Waals surface area contributed by atoms with E-state index in [2.05, 4.69) is 4.98 Å². The molecule has 0 unspecified atom stereocenters. The first-order chi connectivity index (χ1) is 11.5. The second-order valence-electron chi connectivity index (χ2n) is 5.28. The Balaban J connectivity index is 1.69. The second kappa shape index (κ2) is 6.88. The SMILES string of the molecule is CN(Cc1ccc(F)cc1F)C(=O)/C=C/c1nc2ccccc2s1. The number of thiazole rings is 1. The van der Waals surface area contributed by atoms with Crippen LogP contribution >= 0.6 is 11.3 Å². The van der Waals surface area contributed by atoms with E-state index in [0.29, 0.717) is 0 Å². The molecule has 0 saturated carbocycles. The van der Waals surface area contributed by atoms with Crippen LogP contribution in [0.4, 0.5) is 8.78 Å². The van der Waals surface area contributed by atoms with Crippen LogP contribution < -0.4 is 0 Å². The maximum atomic E-state index is 13.6. The van der Waals surface area contributed by atoms with Gasteiger partial charge in [-0.2, -0.15) is 0 Å². The topological polar surface area (TPSA) is 33.2 Å². The standard InChI is InChI=1S/C18H14F2N2OS/c1-22(11-12-6-7-13(19)10-14(12)20)18(23)9-8-17-21-15-4-2-3-5-16(15)24-17/h2-10H,11H2,1H3/b9-8+. The summed E-state index contributed by atoms with van der Waals surface area (Å²) in [7, 11) is 1.56. The monoisotopic (exact) mass is 344 g/mol. The largest absolute Gasteiger partial charge is 0.338 e. The third-order valence-corrected chi connectivity index (χ3v) is 4.48. The Morgan fingerprint density at radius 3 is 2.79 bits per heavy atom. The van der Waals surface area contributed by atoms with Gasteiger partial charge in [-0.15, -0.1) is 11.3 Å². The van der Waals surface area contributed by atoms with Crippen molar-refractivity contribution in [2.24, 2.45) is 0 Å². The lowest BCUT2D eigenvalue weighted by molar-refractivity contribution is -0.125. The van der Waals surface area contributed by atoms with Gasteiger partial charge >= 0.3 is 0 Å². The number of carbonyl (C=O) groups is 1. The molecule has 3 aromatic rings. The molecule has 0 radical (unpaired) electrons. The summed E-state index contributed by atoms with van der Waals surface area (Å²) in [6, 6.07) is 11.0. The van der Waals surface area contributed by atoms with Crippen molar-refractivity contribution in [2.75, 3.05) is 7.05 Å². The second-order valence-corrected chi connectivity index (χ2v) is 6.35. The van der Waals surface area contributed by atoms with E-state index in [1.807, 2.05) is 24.3 Å². The van der Waals surface area contributed by atoms with Gasteiger partial charge in [0.25, 0.3) is 0 Å². The van der Waals surface area contributed by atoms with Crippen molar-refractivity contribution in [1.29, 1.82) is 0 Å². The van der Waals surface area contributed by atoms with Crippen LogP contribution in [0.5, 0.6) is 0 Å². The number of amides is 1. The van der Waals surface area contributed by atoms with E-state index in [0.717, 1.165) is 21.3 Å². The Bertz CT molecular complexity index is 887. The molecule has 3 rings (SSSR count). The zero-order chi connectivity index (χ0) is 17.1. The first-order valence-corrected chi connectivity index (χ1v) is 8.07. The molecule has 0 aliphatic carbocycles. The fraction of sp³-hybridized carbons (Fsp3) is 0.111. The smallest absolute Gasteiger partial charge is 0.246 e. The molecule has 6 heteroatoms. The quantitative estimate of drug-likeness (QED) is 0.663. The van der Waals surface area contributed by atoms with Crippen molar-refractivity contribution in [3.05, 3.63) is 70.7 Å². The molecule has 0 aliphatic heterocycles. The number of para-hydroxylation sites is 1. The third kappa shape index (κ3) is 3.65. The molecule has 0 saturated heterocycles. The molecule has 3 nitrogen and oxygen atoms in total. The molecule has 24 heavy (non-hydrogen) atoms. The van der Waals surface area contributed by atoms with Gasteiger partial charge in [0, 0.05) is 31.3 Å². The van der Waals surface area contributed by atoms with E-state index in [1.165, 1.54) is 34.4 Å². The van der Waals surface area contributed by atoms with Crippen molar-refractivity contribution in [3.63, 3.8) is 0 Å². The summed E-state index contributed by atoms with van der Waals surface area (Å²) in [5.41, 5.74) is 1.15. The summed E-state index contributed by atoms with van der Waals surface area (Å²) in [6.45, 7) is 0.0646. The number of fused-ring (bicyclic) bond motifs is 1. The number of aromatic nitrogens is 1. The number of benzene rings is 2. The van der Waals surface area contributed by atoms with Gasteiger partial charge in [0.1, 0.15) is 16.6 Å². The highest BCUT2D eigenvalue weighted by Crippen LogP contribution is 2.22. The third-order valence-electron chi connectivity index (χ3n) is 3.48. The molecular weight excluding hydrogens is 330 g/mol. The van der Waals surface area contributed by atoms with Crippen molar-refractivity contribution >= 4 is 33.5 Å². The number of rotatable bonds is 4. The molecule has 0 spiro atoms. The van der Waals surface area contributed by atoms with Crippen LogP contribution in [0.2, 0.25) is 0 Å². The molecule has 1 aromatic heterocycles. The number of carbonyl (C=O) groups excluding carboxylic acids is 1. The Hall–Kier alpha value is -2.60. The zero-order valence-corrected chi connectivity index (χ0v) is 13.7. The van der Waals surface area contributed by atoms with Gasteiger partial charge in [-0.1, -0.05) is 18.2 Å². The average molecular weight is 344 g/mol. The molecular formula is C18H14F2N2OS. The van der Waals surface area contributed by atoms with Gasteiger partial charge in [-0.05, 0) is 24.3 Å². The zero-order valence-electron chi connectivity index (χ0n) is 12.9. The lowest BCUT2D eigenvalue weighted by atomic mass is 10.2. The van der Waals surface area contributed by atoms with E-state index < -0.39 is 11.6 Å². The van der Waals surface area contributed by atoms with Gasteiger partial charge in [-0.3, -0.25) is 4.79 Å². The lowest BCUT2D eigenvalue weighted by Crippen LogP contribution is -2.24. The minimum absolute atomic E-state index is 0.0646. The highest BCUT2D eigenvalue weighted by molar-refractivity contribution is 7.19. The van der Waals surface area contributed by atoms with Crippen molar-refractivity contribution in [2.45, 2.75) is 6.54 Å². The van der Waals surface area contributed by atoms with E-state index in [-0.39, 0.29) is 18.0 Å². The summed E-state index contributed by atoms with van der Waals surface area (Å²) in [4.78, 5) is 17.9. The summed E-state index contributed by atoms with van der Waals surface area (Å²) < 4.78 is 27.6. The van der Waals surface area contributed by atoms with Crippen LogP contribution in [0.3, 0.4) is 0 Å². The molecule has 1 amide bonds. The van der Waals surface area contributed by atoms with Crippen molar-refractivity contribution in [3.8, 4) is 0 Å². The summed E-state index contributed by atoms with van der Waals surface area (Å²) in [5, 5.41) is 0.728. The first kappa shape index (κ1) is 16.3. The van der Waals surface area contributed by atoms with Gasteiger partial charge in [0.05, 0.1) is 10.2 Å². The fourth-order valence-corrected chi connectivity index (χ4v) is 3.08. The number of hydrogen-bond donors (Lipinski definition) is 0. The molecule has 0 bridgehead atoms. The van der Waals surface area contributed by atoms with E-state index in [9.17, 15) is 13.6 Å². The molecule has 0 N–H and O–H groups in total. The van der Waals surface area contributed by atoms with Crippen LogP contribution in [-0.2, 0) is 11.3 Å². The highest BCUT2D eigenvalue weighted by Gasteiger charge is 2.10.